The molecule has 186 valence electrons. The number of aliphatic hydroxyl groups excluding tert-OH is 1. The molecule has 2 rings (SSSR count). The van der Waals surface area contributed by atoms with E-state index < -0.39 is 59.9 Å². The van der Waals surface area contributed by atoms with Crippen LogP contribution >= 0.6 is 0 Å². The molecule has 11 heteroatoms. The van der Waals surface area contributed by atoms with Crippen molar-refractivity contribution < 1.29 is 29.4 Å². The minimum atomic E-state index is -1.34. The Bertz CT molecular complexity index is 1030. The zero-order valence-corrected chi connectivity index (χ0v) is 19.7. The molecule has 2 aromatic rings. The first kappa shape index (κ1) is 26.8. The van der Waals surface area contributed by atoms with E-state index in [4.69, 9.17) is 5.73 Å². The second-order valence-corrected chi connectivity index (χ2v) is 8.71. The molecule has 0 aliphatic carbocycles. The number of H-pyrrole nitrogens is 1. The molecule has 0 bridgehead atoms. The number of fused-ring (bicyclic) bond motifs is 1. The largest absolute Gasteiger partial charge is 0.480 e. The van der Waals surface area contributed by atoms with Crippen LogP contribution in [0.5, 0.6) is 0 Å². The lowest BCUT2D eigenvalue weighted by molar-refractivity contribution is -0.142. The number of para-hydroxylation sites is 1. The molecule has 0 aliphatic rings. The first-order chi connectivity index (χ1) is 15.9. The number of aliphatic carboxylic acids is 1. The van der Waals surface area contributed by atoms with Crippen LogP contribution in [0.15, 0.2) is 30.5 Å². The van der Waals surface area contributed by atoms with Crippen molar-refractivity contribution in [1.29, 1.82) is 0 Å². The van der Waals surface area contributed by atoms with Crippen molar-refractivity contribution in [2.75, 3.05) is 0 Å². The Hall–Kier alpha value is -3.44. The van der Waals surface area contributed by atoms with Crippen LogP contribution < -0.4 is 21.7 Å². The van der Waals surface area contributed by atoms with E-state index >= 15 is 0 Å². The summed E-state index contributed by atoms with van der Waals surface area (Å²) in [5, 5.41) is 27.9. The second-order valence-electron chi connectivity index (χ2n) is 8.71. The van der Waals surface area contributed by atoms with Crippen LogP contribution in [0.2, 0.25) is 0 Å². The quantitative estimate of drug-likeness (QED) is 0.231. The Morgan fingerprint density at radius 3 is 2.09 bits per heavy atom. The highest BCUT2D eigenvalue weighted by Gasteiger charge is 2.33. The van der Waals surface area contributed by atoms with Crippen LogP contribution in [0.4, 0.5) is 0 Å². The number of hydrogen-bond donors (Lipinski definition) is 7. The molecule has 3 amide bonds. The molecule has 0 spiro atoms. The van der Waals surface area contributed by atoms with Gasteiger partial charge < -0.3 is 36.9 Å². The van der Waals surface area contributed by atoms with E-state index in [9.17, 15) is 29.4 Å². The number of nitrogens with two attached hydrogens (primary N) is 1. The standard InChI is InChI=1S/C23H33N5O6/c1-11(2)18(27-22(32)19(13(4)29)28-20(30)12(3)24)21(31)26-17(23(33)34)9-14-10-25-16-8-6-5-7-15(14)16/h5-8,10-13,17-19,25,29H,9,24H2,1-4H3,(H,26,31)(H,27,32)(H,28,30)(H,33,34). The molecular formula is C23H33N5O6. The maximum atomic E-state index is 13.0. The van der Waals surface area contributed by atoms with Crippen molar-refractivity contribution in [1.82, 2.24) is 20.9 Å². The summed E-state index contributed by atoms with van der Waals surface area (Å²) in [6.45, 7) is 6.10. The van der Waals surface area contributed by atoms with Gasteiger partial charge >= 0.3 is 5.97 Å². The van der Waals surface area contributed by atoms with Gasteiger partial charge in [-0.15, -0.1) is 0 Å². The Labute approximate surface area is 197 Å². The number of aromatic nitrogens is 1. The van der Waals surface area contributed by atoms with Crippen LogP contribution in [-0.4, -0.2) is 69.2 Å². The number of carboxylic acids is 1. The Balaban J connectivity index is 2.15. The fourth-order valence-corrected chi connectivity index (χ4v) is 3.45. The third kappa shape index (κ3) is 6.78. The summed E-state index contributed by atoms with van der Waals surface area (Å²) in [6, 6.07) is 2.81. The second kappa shape index (κ2) is 11.6. The maximum absolute atomic E-state index is 13.0. The third-order valence-corrected chi connectivity index (χ3v) is 5.44. The number of carbonyl (C=O) groups excluding carboxylic acids is 3. The normalized spacial score (nSPS) is 15.7. The van der Waals surface area contributed by atoms with Crippen molar-refractivity contribution in [3.05, 3.63) is 36.0 Å². The van der Waals surface area contributed by atoms with Crippen molar-refractivity contribution in [2.45, 2.75) is 64.4 Å². The molecular weight excluding hydrogens is 442 g/mol. The summed E-state index contributed by atoms with van der Waals surface area (Å²) in [6.07, 6.45) is 0.472. The summed E-state index contributed by atoms with van der Waals surface area (Å²) in [7, 11) is 0. The van der Waals surface area contributed by atoms with Crippen LogP contribution in [0.25, 0.3) is 10.9 Å². The summed E-state index contributed by atoms with van der Waals surface area (Å²) in [4.78, 5) is 52.6. The summed E-state index contributed by atoms with van der Waals surface area (Å²) in [5.41, 5.74) is 7.08. The molecule has 1 heterocycles. The zero-order chi connectivity index (χ0) is 25.6. The number of rotatable bonds is 11. The molecule has 0 radical (unpaired) electrons. The molecule has 0 aliphatic heterocycles. The molecule has 34 heavy (non-hydrogen) atoms. The SMILES string of the molecule is CC(N)C(=O)NC(C(=O)NC(C(=O)NC(Cc1c[nH]c2ccccc12)C(=O)O)C(C)C)C(C)O. The fourth-order valence-electron chi connectivity index (χ4n) is 3.45. The van der Waals surface area contributed by atoms with Gasteiger partial charge in [0, 0.05) is 23.5 Å². The monoisotopic (exact) mass is 475 g/mol. The average molecular weight is 476 g/mol. The van der Waals surface area contributed by atoms with Gasteiger partial charge in [-0.2, -0.15) is 0 Å². The van der Waals surface area contributed by atoms with Gasteiger partial charge in [0.2, 0.25) is 17.7 Å². The first-order valence-electron chi connectivity index (χ1n) is 11.0. The number of nitrogens with one attached hydrogen (secondary N) is 4. The lowest BCUT2D eigenvalue weighted by atomic mass is 10.00. The van der Waals surface area contributed by atoms with Gasteiger partial charge in [0.05, 0.1) is 12.1 Å². The van der Waals surface area contributed by atoms with Crippen molar-refractivity contribution >= 4 is 34.6 Å². The minimum absolute atomic E-state index is 0.0323. The predicted molar refractivity (Wildman–Crippen MR) is 126 cm³/mol. The smallest absolute Gasteiger partial charge is 0.326 e. The topological polar surface area (TPSA) is 187 Å². The third-order valence-electron chi connectivity index (χ3n) is 5.44. The number of carbonyl (C=O) groups is 4. The molecule has 0 saturated heterocycles. The highest BCUT2D eigenvalue weighted by molar-refractivity contribution is 5.94. The number of aliphatic hydroxyl groups is 1. The molecule has 5 unspecified atom stereocenters. The molecule has 0 saturated carbocycles. The van der Waals surface area contributed by atoms with Crippen LogP contribution in [0, 0.1) is 5.92 Å². The molecule has 5 atom stereocenters. The highest BCUT2D eigenvalue weighted by Crippen LogP contribution is 2.19. The zero-order valence-electron chi connectivity index (χ0n) is 19.7. The molecule has 8 N–H and O–H groups in total. The van der Waals surface area contributed by atoms with Gasteiger partial charge in [-0.3, -0.25) is 14.4 Å². The molecule has 11 nitrogen and oxygen atoms in total. The number of benzene rings is 1. The Morgan fingerprint density at radius 1 is 0.941 bits per heavy atom. The molecule has 0 fully saturated rings. The number of hydrogen-bond acceptors (Lipinski definition) is 6. The van der Waals surface area contributed by atoms with Crippen molar-refractivity contribution in [3.63, 3.8) is 0 Å². The lowest BCUT2D eigenvalue weighted by Crippen LogP contribution is -2.60. The van der Waals surface area contributed by atoms with Gasteiger partial charge in [-0.05, 0) is 31.4 Å². The first-order valence-corrected chi connectivity index (χ1v) is 11.0. The predicted octanol–water partition coefficient (Wildman–Crippen LogP) is -0.367. The van der Waals surface area contributed by atoms with Crippen molar-refractivity contribution in [2.24, 2.45) is 11.7 Å². The van der Waals surface area contributed by atoms with Crippen LogP contribution in [-0.2, 0) is 25.6 Å². The number of amides is 3. The molecule has 1 aromatic heterocycles. The van der Waals surface area contributed by atoms with Gasteiger partial charge in [0.1, 0.15) is 18.1 Å². The van der Waals surface area contributed by atoms with E-state index in [-0.39, 0.29) is 6.42 Å². The van der Waals surface area contributed by atoms with Crippen molar-refractivity contribution in [3.8, 4) is 0 Å². The Kier molecular flexibility index (Phi) is 9.16. The van der Waals surface area contributed by atoms with Gasteiger partial charge in [-0.1, -0.05) is 32.0 Å². The van der Waals surface area contributed by atoms with Gasteiger partial charge in [-0.25, -0.2) is 4.79 Å². The van der Waals surface area contributed by atoms with E-state index in [2.05, 4.69) is 20.9 Å². The summed E-state index contributed by atoms with van der Waals surface area (Å²) in [5.74, 6) is -3.76. The van der Waals surface area contributed by atoms with E-state index in [1.807, 2.05) is 24.3 Å². The van der Waals surface area contributed by atoms with Crippen LogP contribution in [0.3, 0.4) is 0 Å². The van der Waals surface area contributed by atoms with E-state index in [0.29, 0.717) is 0 Å². The fraction of sp³-hybridized carbons (Fsp3) is 0.478. The van der Waals surface area contributed by atoms with Gasteiger partial charge in [0.15, 0.2) is 0 Å². The Morgan fingerprint density at radius 2 is 1.53 bits per heavy atom. The minimum Gasteiger partial charge on any atom is -0.480 e. The van der Waals surface area contributed by atoms with Crippen LogP contribution in [0.1, 0.15) is 33.3 Å². The van der Waals surface area contributed by atoms with Gasteiger partial charge in [0.25, 0.3) is 0 Å². The number of aromatic amines is 1. The molecule has 1 aromatic carbocycles. The average Bonchev–Trinajstić information content (AvgIpc) is 3.17. The lowest BCUT2D eigenvalue weighted by Gasteiger charge is -2.27. The van der Waals surface area contributed by atoms with E-state index in [0.717, 1.165) is 16.5 Å². The summed E-state index contributed by atoms with van der Waals surface area (Å²) < 4.78 is 0. The van der Waals surface area contributed by atoms with E-state index in [1.165, 1.54) is 13.8 Å². The van der Waals surface area contributed by atoms with E-state index in [1.54, 1.807) is 20.0 Å². The highest BCUT2D eigenvalue weighted by atomic mass is 16.4. The maximum Gasteiger partial charge on any atom is 0.326 e. The summed E-state index contributed by atoms with van der Waals surface area (Å²) >= 11 is 0. The number of carboxylic acid groups (broad SMARTS) is 1.